The summed E-state index contributed by atoms with van der Waals surface area (Å²) in [5.41, 5.74) is 0. The third-order valence-electron chi connectivity index (χ3n) is 1.31. The predicted molar refractivity (Wildman–Crippen MR) is 41.6 cm³/mol. The molecule has 0 aromatic carbocycles. The van der Waals surface area contributed by atoms with Gasteiger partial charge in [0, 0.05) is 0 Å². The molecule has 0 fully saturated rings. The molecule has 0 saturated heterocycles. The third kappa shape index (κ3) is 1.71. The average molecular weight is 231 g/mol. The van der Waals surface area contributed by atoms with Crippen molar-refractivity contribution in [2.24, 2.45) is 0 Å². The molecule has 50 valence electrons. The molecule has 0 amide bonds. The summed E-state index contributed by atoms with van der Waals surface area (Å²) in [5.74, 6) is 0. The molecule has 1 aromatic rings. The van der Waals surface area contributed by atoms with Crippen LogP contribution >= 0.6 is 0 Å². The zero-order valence-electron chi connectivity index (χ0n) is 6.10. The van der Waals surface area contributed by atoms with E-state index in [2.05, 4.69) is 31.1 Å². The van der Waals surface area contributed by atoms with Crippen molar-refractivity contribution in [3.05, 3.63) is 12.3 Å². The summed E-state index contributed by atoms with van der Waals surface area (Å²) in [4.78, 5) is 7.09. The number of H-pyrrole nitrogens is 1. The molecule has 1 rings (SSSR count). The van der Waals surface area contributed by atoms with Crippen LogP contribution in [0.15, 0.2) is 12.3 Å². The summed E-state index contributed by atoms with van der Waals surface area (Å²) >= 11 is -1.77. The summed E-state index contributed by atoms with van der Waals surface area (Å²) < 4.78 is 1.39. The quantitative estimate of drug-likeness (QED) is 0.716. The van der Waals surface area contributed by atoms with E-state index in [0.717, 1.165) is 0 Å². The molecule has 0 atom stereocenters. The van der Waals surface area contributed by atoms with Crippen LogP contribution in [0.4, 0.5) is 0 Å². The van der Waals surface area contributed by atoms with Crippen LogP contribution in [0.5, 0.6) is 0 Å². The fraction of sp³-hybridized carbons (Fsp3) is 0.500. The van der Waals surface area contributed by atoms with Crippen molar-refractivity contribution < 1.29 is 0 Å². The average Bonchev–Trinajstić information content (AvgIpc) is 2.08. The van der Waals surface area contributed by atoms with Crippen molar-refractivity contribution in [3.8, 4) is 0 Å². The topological polar surface area (TPSA) is 28.7 Å². The first-order valence-corrected chi connectivity index (χ1v) is 13.1. The van der Waals surface area contributed by atoms with Crippen LogP contribution in [0.3, 0.4) is 0 Å². The Labute approximate surface area is 59.5 Å². The first kappa shape index (κ1) is 7.12. The summed E-state index contributed by atoms with van der Waals surface area (Å²) in [6.45, 7) is 0. The predicted octanol–water partition coefficient (Wildman–Crippen LogP) is 0.955. The van der Waals surface area contributed by atoms with Crippen LogP contribution in [-0.2, 0) is 0 Å². The number of nitrogens with zero attached hydrogens (tertiary/aromatic N) is 1. The van der Waals surface area contributed by atoms with Crippen molar-refractivity contribution in [2.75, 3.05) is 0 Å². The van der Waals surface area contributed by atoms with Gasteiger partial charge in [-0.15, -0.1) is 0 Å². The van der Waals surface area contributed by atoms with Crippen molar-refractivity contribution in [3.63, 3.8) is 0 Å². The van der Waals surface area contributed by atoms with Gasteiger partial charge in [-0.25, -0.2) is 0 Å². The van der Waals surface area contributed by atoms with Crippen molar-refractivity contribution >= 4 is 22.1 Å². The molecule has 1 N–H and O–H groups in total. The molecular weight excluding hydrogens is 219 g/mol. The Kier molecular flexibility index (Phi) is 1.84. The van der Waals surface area contributed by atoms with E-state index in [0.29, 0.717) is 0 Å². The second-order valence-electron chi connectivity index (χ2n) is 3.22. The van der Waals surface area contributed by atoms with Gasteiger partial charge in [0.2, 0.25) is 0 Å². The number of hydrogen-bond donors (Lipinski definition) is 1. The molecule has 0 spiro atoms. The van der Waals surface area contributed by atoms with E-state index in [9.17, 15) is 0 Å². The van der Waals surface area contributed by atoms with Gasteiger partial charge in [0.25, 0.3) is 0 Å². The first-order chi connectivity index (χ1) is 4.11. The van der Waals surface area contributed by atoms with Crippen LogP contribution in [0, 0.1) is 0 Å². The zero-order chi connectivity index (χ0) is 6.91. The van der Waals surface area contributed by atoms with Crippen molar-refractivity contribution in [1.82, 2.24) is 10.2 Å². The van der Waals surface area contributed by atoms with Crippen LogP contribution in [-0.4, -0.2) is 28.6 Å². The number of aromatic amines is 1. The van der Waals surface area contributed by atoms with Crippen molar-refractivity contribution in [1.29, 1.82) is 0 Å². The molecule has 3 heteroatoms. The normalized spacial score (nSPS) is 11.9. The molecule has 0 unspecified atom stereocenters. The number of nitrogens with one attached hydrogen (secondary N) is 1. The SMILES string of the molecule is [CH3][Sn]([CH3])([CH3])[c]1ccn[nH]1. The Hall–Kier alpha value is 0.00870. The van der Waals surface area contributed by atoms with Gasteiger partial charge in [0.05, 0.1) is 0 Å². The number of aromatic nitrogens is 2. The van der Waals surface area contributed by atoms with E-state index in [-0.39, 0.29) is 0 Å². The molecule has 1 heterocycles. The fourth-order valence-electron chi connectivity index (χ4n) is 0.674. The van der Waals surface area contributed by atoms with E-state index >= 15 is 0 Å². The van der Waals surface area contributed by atoms with E-state index in [4.69, 9.17) is 0 Å². The third-order valence-corrected chi connectivity index (χ3v) is 6.72. The van der Waals surface area contributed by atoms with Crippen LogP contribution in [0.25, 0.3) is 0 Å². The van der Waals surface area contributed by atoms with Crippen LogP contribution in [0.2, 0.25) is 14.8 Å². The van der Waals surface area contributed by atoms with Gasteiger partial charge < -0.3 is 0 Å². The molecule has 0 radical (unpaired) electrons. The minimum atomic E-state index is -1.77. The summed E-state index contributed by atoms with van der Waals surface area (Å²) in [6.07, 6.45) is 1.83. The Bertz CT molecular complexity index is 173. The zero-order valence-corrected chi connectivity index (χ0v) is 8.96. The Morgan fingerprint density at radius 2 is 2.11 bits per heavy atom. The fourth-order valence-corrected chi connectivity index (χ4v) is 3.45. The van der Waals surface area contributed by atoms with Gasteiger partial charge in [-0.1, -0.05) is 0 Å². The summed E-state index contributed by atoms with van der Waals surface area (Å²) in [7, 11) is 0. The summed E-state index contributed by atoms with van der Waals surface area (Å²) in [6, 6.07) is 2.09. The molecule has 1 aromatic heterocycles. The standard InChI is InChI=1S/C3H3N2.3CH3.Sn/c1-2-4-5-3-1;;;;/h1-2H,(H,4,5);3*1H3;. The molecule has 0 bridgehead atoms. The van der Waals surface area contributed by atoms with Crippen molar-refractivity contribution in [2.45, 2.75) is 14.8 Å². The van der Waals surface area contributed by atoms with Gasteiger partial charge in [-0.2, -0.15) is 0 Å². The molecule has 0 aliphatic rings. The minimum absolute atomic E-state index is 1.39. The number of rotatable bonds is 1. The molecule has 9 heavy (non-hydrogen) atoms. The second-order valence-corrected chi connectivity index (χ2v) is 17.6. The number of hydrogen-bond acceptors (Lipinski definition) is 1. The van der Waals surface area contributed by atoms with E-state index < -0.39 is 18.4 Å². The van der Waals surface area contributed by atoms with E-state index in [1.807, 2.05) is 6.20 Å². The molecule has 0 saturated carbocycles. The Morgan fingerprint density at radius 3 is 2.33 bits per heavy atom. The van der Waals surface area contributed by atoms with Gasteiger partial charge >= 0.3 is 59.4 Å². The molecule has 0 aliphatic carbocycles. The van der Waals surface area contributed by atoms with Gasteiger partial charge in [0.1, 0.15) is 0 Å². The van der Waals surface area contributed by atoms with Gasteiger partial charge in [0.15, 0.2) is 0 Å². The monoisotopic (exact) mass is 232 g/mol. The van der Waals surface area contributed by atoms with Gasteiger partial charge in [-0.05, 0) is 0 Å². The Morgan fingerprint density at radius 1 is 1.44 bits per heavy atom. The van der Waals surface area contributed by atoms with E-state index in [1.165, 1.54) is 3.71 Å². The molecular formula is C6H12N2Sn. The van der Waals surface area contributed by atoms with Crippen LogP contribution < -0.4 is 3.71 Å². The first-order valence-electron chi connectivity index (χ1n) is 3.10. The maximum atomic E-state index is 3.92. The van der Waals surface area contributed by atoms with Gasteiger partial charge in [-0.3, -0.25) is 0 Å². The second kappa shape index (κ2) is 2.32. The Balaban J connectivity index is 2.90. The summed E-state index contributed by atoms with van der Waals surface area (Å²) in [5, 5.41) is 6.94. The van der Waals surface area contributed by atoms with Crippen LogP contribution in [0.1, 0.15) is 0 Å². The molecule has 0 aliphatic heterocycles. The maximum absolute atomic E-state index is 3.92. The van der Waals surface area contributed by atoms with E-state index in [1.54, 1.807) is 0 Å². The molecule has 2 nitrogen and oxygen atoms in total.